The number of hydrogen-bond donors (Lipinski definition) is 2. The molecule has 0 aliphatic heterocycles. The summed E-state index contributed by atoms with van der Waals surface area (Å²) < 4.78 is 0. The number of carbonyl (C=O) groups excluding carboxylic acids is 1. The van der Waals surface area contributed by atoms with Crippen molar-refractivity contribution in [2.45, 2.75) is 39.0 Å². The van der Waals surface area contributed by atoms with Crippen LogP contribution in [0.5, 0.6) is 0 Å². The first-order valence-corrected chi connectivity index (χ1v) is 6.88. The predicted molar refractivity (Wildman–Crippen MR) is 66.7 cm³/mol. The van der Waals surface area contributed by atoms with E-state index in [-0.39, 0.29) is 12.3 Å². The molecule has 0 aromatic heterocycles. The maximum Gasteiger partial charge on any atom is 0.303 e. The average molecular weight is 247 g/mol. The number of amides is 1. The standard InChI is InChI=1S/C11H21NO3S/c1-2-8-16-9-10(13)12-7-5-3-4-6-11(14)15/h2-9H2,1H3,(H,12,13)(H,14,15). The van der Waals surface area contributed by atoms with E-state index in [1.54, 1.807) is 11.8 Å². The number of thioether (sulfide) groups is 1. The first kappa shape index (κ1) is 15.3. The second kappa shape index (κ2) is 10.8. The van der Waals surface area contributed by atoms with Crippen LogP contribution in [-0.2, 0) is 9.59 Å². The van der Waals surface area contributed by atoms with Gasteiger partial charge in [-0.05, 0) is 25.0 Å². The second-order valence-electron chi connectivity index (χ2n) is 3.61. The molecule has 0 bridgehead atoms. The SMILES string of the molecule is CCCSCC(=O)NCCCCCC(=O)O. The van der Waals surface area contributed by atoms with Crippen LogP contribution in [0.3, 0.4) is 0 Å². The Labute approximate surface area is 101 Å². The van der Waals surface area contributed by atoms with Gasteiger partial charge < -0.3 is 10.4 Å². The van der Waals surface area contributed by atoms with E-state index >= 15 is 0 Å². The average Bonchev–Trinajstić information content (AvgIpc) is 2.23. The van der Waals surface area contributed by atoms with E-state index in [1.807, 2.05) is 0 Å². The molecule has 0 spiro atoms. The maximum atomic E-state index is 11.2. The molecular formula is C11H21NO3S. The molecule has 0 aromatic rings. The first-order valence-electron chi connectivity index (χ1n) is 5.73. The number of carbonyl (C=O) groups is 2. The van der Waals surface area contributed by atoms with Crippen LogP contribution >= 0.6 is 11.8 Å². The highest BCUT2D eigenvalue weighted by molar-refractivity contribution is 7.99. The summed E-state index contributed by atoms with van der Waals surface area (Å²) in [6, 6.07) is 0. The molecule has 4 nitrogen and oxygen atoms in total. The summed E-state index contributed by atoms with van der Waals surface area (Å²) in [6.07, 6.45) is 3.72. The van der Waals surface area contributed by atoms with Crippen molar-refractivity contribution < 1.29 is 14.7 Å². The first-order chi connectivity index (χ1) is 7.66. The molecule has 0 aromatic carbocycles. The topological polar surface area (TPSA) is 66.4 Å². The number of aliphatic carboxylic acids is 1. The Morgan fingerprint density at radius 3 is 2.62 bits per heavy atom. The molecular weight excluding hydrogens is 226 g/mol. The monoisotopic (exact) mass is 247 g/mol. The molecule has 0 aliphatic rings. The number of unbranched alkanes of at least 4 members (excludes halogenated alkanes) is 2. The molecule has 0 unspecified atom stereocenters. The van der Waals surface area contributed by atoms with Crippen molar-refractivity contribution in [3.8, 4) is 0 Å². The Hall–Kier alpha value is -0.710. The van der Waals surface area contributed by atoms with Gasteiger partial charge in [0.05, 0.1) is 5.75 Å². The van der Waals surface area contributed by atoms with Crippen molar-refractivity contribution in [1.29, 1.82) is 0 Å². The highest BCUT2D eigenvalue weighted by Gasteiger charge is 2.00. The van der Waals surface area contributed by atoms with Crippen molar-refractivity contribution in [3.05, 3.63) is 0 Å². The number of carboxylic acid groups (broad SMARTS) is 1. The lowest BCUT2D eigenvalue weighted by molar-refractivity contribution is -0.137. The lowest BCUT2D eigenvalue weighted by atomic mass is 10.2. The largest absolute Gasteiger partial charge is 0.481 e. The minimum Gasteiger partial charge on any atom is -0.481 e. The smallest absolute Gasteiger partial charge is 0.303 e. The summed E-state index contributed by atoms with van der Waals surface area (Å²) in [6.45, 7) is 2.75. The molecule has 0 rings (SSSR count). The second-order valence-corrected chi connectivity index (χ2v) is 4.71. The molecule has 0 fully saturated rings. The third-order valence-corrected chi connectivity index (χ3v) is 3.13. The van der Waals surface area contributed by atoms with Gasteiger partial charge in [0.1, 0.15) is 0 Å². The molecule has 5 heteroatoms. The van der Waals surface area contributed by atoms with Gasteiger partial charge >= 0.3 is 5.97 Å². The molecule has 0 atom stereocenters. The van der Waals surface area contributed by atoms with Crippen LogP contribution in [0.4, 0.5) is 0 Å². The summed E-state index contributed by atoms with van der Waals surface area (Å²) >= 11 is 1.64. The van der Waals surface area contributed by atoms with Crippen LogP contribution in [0.25, 0.3) is 0 Å². The van der Waals surface area contributed by atoms with Crippen LogP contribution in [-0.4, -0.2) is 35.0 Å². The summed E-state index contributed by atoms with van der Waals surface area (Å²) in [5.74, 6) is 0.881. The van der Waals surface area contributed by atoms with Crippen LogP contribution < -0.4 is 5.32 Å². The van der Waals surface area contributed by atoms with Crippen molar-refractivity contribution in [3.63, 3.8) is 0 Å². The molecule has 1 amide bonds. The Morgan fingerprint density at radius 2 is 2.00 bits per heavy atom. The predicted octanol–water partition coefficient (Wildman–Crippen LogP) is 1.89. The van der Waals surface area contributed by atoms with Crippen LogP contribution in [0, 0.1) is 0 Å². The van der Waals surface area contributed by atoms with Gasteiger partial charge in [-0.2, -0.15) is 11.8 Å². The van der Waals surface area contributed by atoms with Crippen molar-refractivity contribution in [2.24, 2.45) is 0 Å². The third-order valence-electron chi connectivity index (χ3n) is 1.97. The molecule has 16 heavy (non-hydrogen) atoms. The third kappa shape index (κ3) is 11.4. The normalized spacial score (nSPS) is 10.1. The highest BCUT2D eigenvalue weighted by Crippen LogP contribution is 2.01. The van der Waals surface area contributed by atoms with Crippen LogP contribution in [0.2, 0.25) is 0 Å². The maximum absolute atomic E-state index is 11.2. The van der Waals surface area contributed by atoms with Gasteiger partial charge in [0.2, 0.25) is 5.91 Å². The fourth-order valence-corrected chi connectivity index (χ4v) is 1.89. The van der Waals surface area contributed by atoms with E-state index < -0.39 is 5.97 Å². The fraction of sp³-hybridized carbons (Fsp3) is 0.818. The number of nitrogens with one attached hydrogen (secondary N) is 1. The van der Waals surface area contributed by atoms with Gasteiger partial charge in [-0.25, -0.2) is 0 Å². The van der Waals surface area contributed by atoms with E-state index in [2.05, 4.69) is 12.2 Å². The minimum absolute atomic E-state index is 0.0803. The van der Waals surface area contributed by atoms with Gasteiger partial charge in [-0.1, -0.05) is 13.3 Å². The minimum atomic E-state index is -0.750. The summed E-state index contributed by atoms with van der Waals surface area (Å²) in [7, 11) is 0. The molecule has 0 saturated carbocycles. The van der Waals surface area contributed by atoms with Crippen molar-refractivity contribution in [1.82, 2.24) is 5.32 Å². The van der Waals surface area contributed by atoms with Crippen molar-refractivity contribution in [2.75, 3.05) is 18.1 Å². The van der Waals surface area contributed by atoms with Gasteiger partial charge in [-0.3, -0.25) is 9.59 Å². The van der Waals surface area contributed by atoms with E-state index in [1.165, 1.54) is 0 Å². The van der Waals surface area contributed by atoms with Crippen LogP contribution in [0.1, 0.15) is 39.0 Å². The summed E-state index contributed by atoms with van der Waals surface area (Å²) in [4.78, 5) is 21.4. The lowest BCUT2D eigenvalue weighted by Crippen LogP contribution is -2.26. The molecule has 94 valence electrons. The zero-order valence-corrected chi connectivity index (χ0v) is 10.6. The van der Waals surface area contributed by atoms with Gasteiger partial charge in [-0.15, -0.1) is 0 Å². The fourth-order valence-electron chi connectivity index (χ4n) is 1.17. The number of rotatable bonds is 10. The molecule has 0 heterocycles. The zero-order chi connectivity index (χ0) is 12.2. The van der Waals surface area contributed by atoms with E-state index in [9.17, 15) is 9.59 Å². The van der Waals surface area contributed by atoms with Crippen molar-refractivity contribution >= 4 is 23.6 Å². The molecule has 0 aliphatic carbocycles. The Kier molecular flexibility index (Phi) is 10.3. The quantitative estimate of drug-likeness (QED) is 0.579. The van der Waals surface area contributed by atoms with Gasteiger partial charge in [0.15, 0.2) is 0 Å². The number of carboxylic acids is 1. The highest BCUT2D eigenvalue weighted by atomic mass is 32.2. The number of hydrogen-bond acceptors (Lipinski definition) is 3. The molecule has 0 saturated heterocycles. The van der Waals surface area contributed by atoms with Gasteiger partial charge in [0, 0.05) is 13.0 Å². The zero-order valence-electron chi connectivity index (χ0n) is 9.83. The summed E-state index contributed by atoms with van der Waals surface area (Å²) in [5.41, 5.74) is 0. The van der Waals surface area contributed by atoms with E-state index in [0.717, 1.165) is 25.0 Å². The Bertz CT molecular complexity index is 209. The Balaban J connectivity index is 3.18. The lowest BCUT2D eigenvalue weighted by Gasteiger charge is -2.04. The molecule has 2 N–H and O–H groups in total. The van der Waals surface area contributed by atoms with E-state index in [4.69, 9.17) is 5.11 Å². The van der Waals surface area contributed by atoms with Crippen LogP contribution in [0.15, 0.2) is 0 Å². The Morgan fingerprint density at radius 1 is 1.25 bits per heavy atom. The van der Waals surface area contributed by atoms with E-state index in [0.29, 0.717) is 18.7 Å². The van der Waals surface area contributed by atoms with Gasteiger partial charge in [0.25, 0.3) is 0 Å². The summed E-state index contributed by atoms with van der Waals surface area (Å²) in [5, 5.41) is 11.2. The molecule has 0 radical (unpaired) electrons.